The first kappa shape index (κ1) is 30.5. The van der Waals surface area contributed by atoms with Crippen LogP contribution in [0, 0.1) is 0 Å². The standard InChI is InChI=1S/C36H38N4O4/c1-6-23-17-19-24(20-18-23)22-40(34(42)25-13-9-8-10-14-25)32(33(41)39-36(3,4)5)31-30-27(21-29(38-31)35(43)44-7-2)26-15-11-12-16-28(26)37-30/h8-21,32,37H,6-7,22H2,1-5H3,(H,39,41). The highest BCUT2D eigenvalue weighted by molar-refractivity contribution is 6.11. The SMILES string of the molecule is CCOC(=O)c1cc2c([nH]c3ccccc32)c(C(C(=O)NC(C)(C)C)N(Cc2ccc(CC)cc2)C(=O)c2ccccc2)n1. The maximum absolute atomic E-state index is 14.4. The molecule has 0 radical (unpaired) electrons. The van der Waals surface area contributed by atoms with Crippen LogP contribution in [0.2, 0.25) is 0 Å². The number of amides is 2. The van der Waals surface area contributed by atoms with Crippen molar-refractivity contribution < 1.29 is 19.1 Å². The number of rotatable bonds is 9. The van der Waals surface area contributed by atoms with Gasteiger partial charge in [-0.1, -0.05) is 67.6 Å². The van der Waals surface area contributed by atoms with Crippen LogP contribution in [0.1, 0.15) is 78.3 Å². The van der Waals surface area contributed by atoms with Crippen molar-refractivity contribution in [2.24, 2.45) is 0 Å². The number of aromatic amines is 1. The number of hydrogen-bond acceptors (Lipinski definition) is 5. The van der Waals surface area contributed by atoms with Crippen LogP contribution in [-0.4, -0.2) is 44.8 Å². The van der Waals surface area contributed by atoms with Crippen molar-refractivity contribution in [2.45, 2.75) is 59.2 Å². The van der Waals surface area contributed by atoms with Gasteiger partial charge in [-0.15, -0.1) is 0 Å². The molecule has 3 aromatic carbocycles. The van der Waals surface area contributed by atoms with Crippen molar-refractivity contribution in [3.8, 4) is 0 Å². The molecular weight excluding hydrogens is 552 g/mol. The van der Waals surface area contributed by atoms with Gasteiger partial charge in [0.1, 0.15) is 5.69 Å². The second-order valence-electron chi connectivity index (χ2n) is 11.8. The zero-order valence-corrected chi connectivity index (χ0v) is 25.8. The average molecular weight is 591 g/mol. The third-order valence-corrected chi connectivity index (χ3v) is 7.39. The molecule has 1 atom stereocenters. The van der Waals surface area contributed by atoms with E-state index in [1.165, 1.54) is 5.56 Å². The molecule has 2 N–H and O–H groups in total. The number of carbonyl (C=O) groups is 3. The Balaban J connectivity index is 1.78. The van der Waals surface area contributed by atoms with Crippen molar-refractivity contribution in [1.82, 2.24) is 20.2 Å². The summed E-state index contributed by atoms with van der Waals surface area (Å²) in [6.45, 7) is 9.77. The minimum atomic E-state index is -1.20. The number of H-pyrrole nitrogens is 1. The highest BCUT2D eigenvalue weighted by Crippen LogP contribution is 2.34. The summed E-state index contributed by atoms with van der Waals surface area (Å²) < 4.78 is 5.34. The number of hydrogen-bond donors (Lipinski definition) is 2. The number of aryl methyl sites for hydroxylation is 1. The first-order chi connectivity index (χ1) is 21.1. The number of carbonyl (C=O) groups excluding carboxylic acids is 3. The van der Waals surface area contributed by atoms with E-state index in [0.717, 1.165) is 22.9 Å². The Morgan fingerprint density at radius 3 is 2.20 bits per heavy atom. The van der Waals surface area contributed by atoms with E-state index < -0.39 is 23.5 Å². The van der Waals surface area contributed by atoms with E-state index in [1.807, 2.05) is 75.4 Å². The molecule has 1 unspecified atom stereocenters. The molecule has 0 fully saturated rings. The van der Waals surface area contributed by atoms with Gasteiger partial charge in [0.25, 0.3) is 5.91 Å². The zero-order valence-electron chi connectivity index (χ0n) is 25.8. The molecule has 0 aliphatic heterocycles. The lowest BCUT2D eigenvalue weighted by atomic mass is 10.0. The first-order valence-corrected chi connectivity index (χ1v) is 14.9. The summed E-state index contributed by atoms with van der Waals surface area (Å²) in [6.07, 6.45) is 0.881. The molecule has 8 nitrogen and oxygen atoms in total. The fourth-order valence-corrected chi connectivity index (χ4v) is 5.33. The van der Waals surface area contributed by atoms with E-state index in [-0.39, 0.29) is 30.4 Å². The topological polar surface area (TPSA) is 104 Å². The molecule has 0 spiro atoms. The lowest BCUT2D eigenvalue weighted by molar-refractivity contribution is -0.127. The van der Waals surface area contributed by atoms with Crippen molar-refractivity contribution in [2.75, 3.05) is 6.61 Å². The number of ether oxygens (including phenoxy) is 1. The summed E-state index contributed by atoms with van der Waals surface area (Å²) in [5.74, 6) is -1.36. The maximum atomic E-state index is 14.4. The zero-order chi connectivity index (χ0) is 31.4. The summed E-state index contributed by atoms with van der Waals surface area (Å²) in [7, 11) is 0. The monoisotopic (exact) mass is 590 g/mol. The summed E-state index contributed by atoms with van der Waals surface area (Å²) >= 11 is 0. The van der Waals surface area contributed by atoms with Gasteiger partial charge in [0.05, 0.1) is 17.8 Å². The first-order valence-electron chi connectivity index (χ1n) is 14.9. The lowest BCUT2D eigenvalue weighted by Crippen LogP contribution is -2.49. The third kappa shape index (κ3) is 6.49. The Labute approximate surface area is 257 Å². The highest BCUT2D eigenvalue weighted by Gasteiger charge is 2.37. The molecule has 226 valence electrons. The van der Waals surface area contributed by atoms with Gasteiger partial charge in [-0.05, 0) is 69.5 Å². The molecule has 2 aromatic heterocycles. The quantitative estimate of drug-likeness (QED) is 0.185. The van der Waals surface area contributed by atoms with Crippen LogP contribution in [0.3, 0.4) is 0 Å². The normalized spacial score (nSPS) is 12.2. The number of pyridine rings is 1. The Hall–Kier alpha value is -4.98. The van der Waals surface area contributed by atoms with Crippen molar-refractivity contribution in [3.05, 3.63) is 113 Å². The molecule has 0 bridgehead atoms. The van der Waals surface area contributed by atoms with E-state index in [4.69, 9.17) is 9.72 Å². The van der Waals surface area contributed by atoms with E-state index in [2.05, 4.69) is 17.2 Å². The van der Waals surface area contributed by atoms with Gasteiger partial charge >= 0.3 is 5.97 Å². The van der Waals surface area contributed by atoms with Crippen LogP contribution in [0.5, 0.6) is 0 Å². The van der Waals surface area contributed by atoms with Crippen molar-refractivity contribution in [1.29, 1.82) is 0 Å². The second-order valence-corrected chi connectivity index (χ2v) is 11.8. The molecule has 0 aliphatic carbocycles. The van der Waals surface area contributed by atoms with Crippen molar-refractivity contribution in [3.63, 3.8) is 0 Å². The summed E-state index contributed by atoms with van der Waals surface area (Å²) in [6, 6.07) is 25.1. The van der Waals surface area contributed by atoms with Gasteiger partial charge in [-0.2, -0.15) is 0 Å². The van der Waals surface area contributed by atoms with Crippen LogP contribution >= 0.6 is 0 Å². The summed E-state index contributed by atoms with van der Waals surface area (Å²) in [5, 5.41) is 4.65. The summed E-state index contributed by atoms with van der Waals surface area (Å²) in [4.78, 5) is 51.7. The fourth-order valence-electron chi connectivity index (χ4n) is 5.33. The fraction of sp³-hybridized carbons (Fsp3) is 0.278. The average Bonchev–Trinajstić information content (AvgIpc) is 3.39. The van der Waals surface area contributed by atoms with E-state index >= 15 is 0 Å². The number of aromatic nitrogens is 2. The third-order valence-electron chi connectivity index (χ3n) is 7.39. The Kier molecular flexibility index (Phi) is 8.81. The van der Waals surface area contributed by atoms with Gasteiger partial charge in [0, 0.05) is 33.9 Å². The number of para-hydroxylation sites is 1. The number of nitrogens with one attached hydrogen (secondary N) is 2. The predicted octanol–water partition coefficient (Wildman–Crippen LogP) is 6.75. The molecule has 0 saturated carbocycles. The summed E-state index contributed by atoms with van der Waals surface area (Å²) in [5.41, 5.74) is 3.55. The minimum Gasteiger partial charge on any atom is -0.461 e. The van der Waals surface area contributed by atoms with Crippen LogP contribution in [0.25, 0.3) is 21.8 Å². The maximum Gasteiger partial charge on any atom is 0.356 e. The van der Waals surface area contributed by atoms with E-state index in [9.17, 15) is 14.4 Å². The van der Waals surface area contributed by atoms with Crippen LogP contribution in [0.4, 0.5) is 0 Å². The second kappa shape index (κ2) is 12.7. The van der Waals surface area contributed by atoms with Crippen LogP contribution in [-0.2, 0) is 22.5 Å². The number of esters is 1. The Morgan fingerprint density at radius 1 is 0.886 bits per heavy atom. The lowest BCUT2D eigenvalue weighted by Gasteiger charge is -2.33. The van der Waals surface area contributed by atoms with Crippen LogP contribution in [0.15, 0.2) is 84.9 Å². The van der Waals surface area contributed by atoms with Gasteiger partial charge < -0.3 is 19.9 Å². The number of fused-ring (bicyclic) bond motifs is 3. The Bertz CT molecular complexity index is 1800. The van der Waals surface area contributed by atoms with Gasteiger partial charge in [-0.25, -0.2) is 9.78 Å². The minimum absolute atomic E-state index is 0.0621. The largest absolute Gasteiger partial charge is 0.461 e. The molecule has 8 heteroatoms. The van der Waals surface area contributed by atoms with E-state index in [1.54, 1.807) is 42.2 Å². The van der Waals surface area contributed by atoms with Gasteiger partial charge in [0.2, 0.25) is 5.91 Å². The smallest absolute Gasteiger partial charge is 0.356 e. The molecule has 44 heavy (non-hydrogen) atoms. The Morgan fingerprint density at radius 2 is 1.55 bits per heavy atom. The van der Waals surface area contributed by atoms with Crippen molar-refractivity contribution >= 4 is 39.6 Å². The van der Waals surface area contributed by atoms with Gasteiger partial charge in [0.15, 0.2) is 6.04 Å². The molecule has 0 saturated heterocycles. The number of nitrogens with zero attached hydrogens (tertiary/aromatic N) is 2. The van der Waals surface area contributed by atoms with Gasteiger partial charge in [-0.3, -0.25) is 9.59 Å². The number of benzene rings is 3. The highest BCUT2D eigenvalue weighted by atomic mass is 16.5. The molecule has 2 amide bonds. The molecule has 0 aliphatic rings. The predicted molar refractivity (Wildman–Crippen MR) is 172 cm³/mol. The van der Waals surface area contributed by atoms with Crippen LogP contribution < -0.4 is 5.32 Å². The molecule has 5 aromatic rings. The molecular formula is C36H38N4O4. The molecule has 5 rings (SSSR count). The molecule has 2 heterocycles. The van der Waals surface area contributed by atoms with E-state index in [0.29, 0.717) is 16.5 Å².